The predicted octanol–water partition coefficient (Wildman–Crippen LogP) is 1.34. The lowest BCUT2D eigenvalue weighted by Crippen LogP contribution is -2.37. The molecule has 0 aromatic rings. The molecule has 0 aromatic heterocycles. The Labute approximate surface area is 96.5 Å². The van der Waals surface area contributed by atoms with Gasteiger partial charge in [-0.15, -0.1) is 13.2 Å². The second-order valence-electron chi connectivity index (χ2n) is 3.74. The third-order valence-corrected chi connectivity index (χ3v) is 2.66. The first-order chi connectivity index (χ1) is 7.74. The molecule has 1 aliphatic rings. The molecule has 4 nitrogen and oxygen atoms in total. The maximum Gasteiger partial charge on any atom is 0.225 e. The number of carbonyl (C=O) groups excluding carboxylic acids is 1. The average molecular weight is 225 g/mol. The van der Waals surface area contributed by atoms with Crippen LogP contribution >= 0.6 is 0 Å². The van der Waals surface area contributed by atoms with Crippen molar-refractivity contribution >= 4 is 5.91 Å². The van der Waals surface area contributed by atoms with Gasteiger partial charge in [-0.05, 0) is 6.42 Å². The van der Waals surface area contributed by atoms with E-state index in [4.69, 9.17) is 9.47 Å². The molecule has 1 saturated heterocycles. The second kappa shape index (κ2) is 6.45. The van der Waals surface area contributed by atoms with Crippen molar-refractivity contribution in [1.29, 1.82) is 0 Å². The lowest BCUT2D eigenvalue weighted by molar-refractivity contribution is -0.128. The van der Waals surface area contributed by atoms with Crippen LogP contribution in [0.5, 0.6) is 0 Å². The fraction of sp³-hybridized carbons (Fsp3) is 0.583. The lowest BCUT2D eigenvalue weighted by atomic mass is 10.1. The van der Waals surface area contributed by atoms with Crippen LogP contribution < -0.4 is 0 Å². The summed E-state index contributed by atoms with van der Waals surface area (Å²) in [6, 6.07) is 0.0538. The number of nitrogens with zero attached hydrogens (tertiary/aromatic N) is 1. The van der Waals surface area contributed by atoms with Gasteiger partial charge in [0.2, 0.25) is 5.91 Å². The summed E-state index contributed by atoms with van der Waals surface area (Å²) in [7, 11) is 1.57. The molecule has 1 aliphatic heterocycles. The van der Waals surface area contributed by atoms with E-state index in [0.29, 0.717) is 13.0 Å². The monoisotopic (exact) mass is 225 g/mol. The highest BCUT2D eigenvalue weighted by Gasteiger charge is 2.38. The SMILES string of the molecule is C=CC[C@H]1[C@@H](OCOC)CC(=O)N1CC=C. The molecule has 1 rings (SSSR count). The summed E-state index contributed by atoms with van der Waals surface area (Å²) in [6.45, 7) is 8.14. The molecule has 1 amide bonds. The minimum Gasteiger partial charge on any atom is -0.359 e. The van der Waals surface area contributed by atoms with Gasteiger partial charge in [-0.25, -0.2) is 0 Å². The van der Waals surface area contributed by atoms with Gasteiger partial charge in [0, 0.05) is 13.7 Å². The van der Waals surface area contributed by atoms with E-state index < -0.39 is 0 Å². The number of likely N-dealkylation sites (tertiary alicyclic amines) is 1. The number of hydrogen-bond donors (Lipinski definition) is 0. The van der Waals surface area contributed by atoms with Gasteiger partial charge in [0.15, 0.2) is 0 Å². The van der Waals surface area contributed by atoms with Gasteiger partial charge in [0.05, 0.1) is 18.6 Å². The summed E-state index contributed by atoms with van der Waals surface area (Å²) in [5, 5.41) is 0. The highest BCUT2D eigenvalue weighted by Crippen LogP contribution is 2.24. The van der Waals surface area contributed by atoms with Crippen molar-refractivity contribution in [2.45, 2.75) is 25.0 Å². The second-order valence-corrected chi connectivity index (χ2v) is 3.74. The van der Waals surface area contributed by atoms with E-state index >= 15 is 0 Å². The fourth-order valence-corrected chi connectivity index (χ4v) is 1.96. The van der Waals surface area contributed by atoms with E-state index in [2.05, 4.69) is 13.2 Å². The van der Waals surface area contributed by atoms with Crippen LogP contribution in [0.2, 0.25) is 0 Å². The van der Waals surface area contributed by atoms with Crippen LogP contribution in [0.15, 0.2) is 25.3 Å². The molecule has 0 aliphatic carbocycles. The largest absolute Gasteiger partial charge is 0.359 e. The molecule has 0 radical (unpaired) electrons. The molecule has 0 aromatic carbocycles. The predicted molar refractivity (Wildman–Crippen MR) is 61.9 cm³/mol. The van der Waals surface area contributed by atoms with Crippen LogP contribution in [0.3, 0.4) is 0 Å². The maximum absolute atomic E-state index is 11.7. The normalized spacial score (nSPS) is 24.8. The summed E-state index contributed by atoms with van der Waals surface area (Å²) in [6.07, 6.45) is 4.57. The van der Waals surface area contributed by atoms with E-state index in [1.54, 1.807) is 18.1 Å². The molecule has 0 bridgehead atoms. The highest BCUT2D eigenvalue weighted by molar-refractivity contribution is 5.80. The van der Waals surface area contributed by atoms with E-state index in [1.165, 1.54) is 0 Å². The van der Waals surface area contributed by atoms with Crippen molar-refractivity contribution in [2.75, 3.05) is 20.4 Å². The number of ether oxygens (including phenoxy) is 2. The van der Waals surface area contributed by atoms with Crippen LogP contribution in [0.4, 0.5) is 0 Å². The van der Waals surface area contributed by atoms with Crippen molar-refractivity contribution in [3.63, 3.8) is 0 Å². The number of carbonyl (C=O) groups is 1. The van der Waals surface area contributed by atoms with Crippen LogP contribution in [-0.2, 0) is 14.3 Å². The van der Waals surface area contributed by atoms with Crippen molar-refractivity contribution in [1.82, 2.24) is 4.90 Å². The molecule has 0 N–H and O–H groups in total. The van der Waals surface area contributed by atoms with Crippen molar-refractivity contribution in [2.24, 2.45) is 0 Å². The summed E-state index contributed by atoms with van der Waals surface area (Å²) < 4.78 is 10.4. The molecule has 4 heteroatoms. The maximum atomic E-state index is 11.7. The Hall–Kier alpha value is -1.13. The third-order valence-electron chi connectivity index (χ3n) is 2.66. The van der Waals surface area contributed by atoms with Crippen LogP contribution in [0.1, 0.15) is 12.8 Å². The first-order valence-corrected chi connectivity index (χ1v) is 5.36. The Balaban J connectivity index is 2.66. The molecule has 1 heterocycles. The Morgan fingerprint density at radius 2 is 2.25 bits per heavy atom. The van der Waals surface area contributed by atoms with Crippen LogP contribution in [-0.4, -0.2) is 43.4 Å². The Kier molecular flexibility index (Phi) is 5.22. The van der Waals surface area contributed by atoms with Crippen molar-refractivity contribution < 1.29 is 14.3 Å². The van der Waals surface area contributed by atoms with Gasteiger partial charge in [-0.2, -0.15) is 0 Å². The minimum absolute atomic E-state index is 0.0538. The van der Waals surface area contributed by atoms with Gasteiger partial charge in [0.25, 0.3) is 0 Å². The zero-order chi connectivity index (χ0) is 12.0. The number of rotatable bonds is 7. The summed E-state index contributed by atoms with van der Waals surface area (Å²) in [4.78, 5) is 13.5. The molecule has 0 saturated carbocycles. The molecule has 0 unspecified atom stereocenters. The molecular weight excluding hydrogens is 206 g/mol. The Bertz CT molecular complexity index is 265. The first-order valence-electron chi connectivity index (χ1n) is 5.36. The van der Waals surface area contributed by atoms with Gasteiger partial charge < -0.3 is 14.4 Å². The van der Waals surface area contributed by atoms with Gasteiger partial charge in [-0.1, -0.05) is 12.2 Å². The van der Waals surface area contributed by atoms with E-state index in [0.717, 1.165) is 6.42 Å². The minimum atomic E-state index is -0.106. The lowest BCUT2D eigenvalue weighted by Gasteiger charge is -2.26. The molecule has 90 valence electrons. The topological polar surface area (TPSA) is 38.8 Å². The standard InChI is InChI=1S/C12H19NO3/c1-4-6-10-11(16-9-15-3)8-12(14)13(10)7-5-2/h4-5,10-11H,1-2,6-9H2,3H3/t10-,11-/m0/s1. The zero-order valence-electron chi connectivity index (χ0n) is 9.72. The van der Waals surface area contributed by atoms with Crippen molar-refractivity contribution in [3.05, 3.63) is 25.3 Å². The van der Waals surface area contributed by atoms with Crippen LogP contribution in [0.25, 0.3) is 0 Å². The van der Waals surface area contributed by atoms with Gasteiger partial charge in [0.1, 0.15) is 6.79 Å². The smallest absolute Gasteiger partial charge is 0.225 e. The first kappa shape index (κ1) is 12.9. The fourth-order valence-electron chi connectivity index (χ4n) is 1.96. The Morgan fingerprint density at radius 3 is 2.81 bits per heavy atom. The summed E-state index contributed by atoms with van der Waals surface area (Å²) >= 11 is 0. The molecule has 16 heavy (non-hydrogen) atoms. The molecule has 0 spiro atoms. The number of amides is 1. The number of methoxy groups -OCH3 is 1. The highest BCUT2D eigenvalue weighted by atomic mass is 16.7. The van der Waals surface area contributed by atoms with Gasteiger partial charge >= 0.3 is 0 Å². The third kappa shape index (κ3) is 2.93. The average Bonchev–Trinajstić information content (AvgIpc) is 2.55. The Morgan fingerprint density at radius 1 is 1.50 bits per heavy atom. The molecule has 2 atom stereocenters. The summed E-state index contributed by atoms with van der Waals surface area (Å²) in [5.74, 6) is 0.104. The van der Waals surface area contributed by atoms with Crippen LogP contribution in [0, 0.1) is 0 Å². The zero-order valence-corrected chi connectivity index (χ0v) is 9.72. The van der Waals surface area contributed by atoms with Crippen molar-refractivity contribution in [3.8, 4) is 0 Å². The number of hydrogen-bond acceptors (Lipinski definition) is 3. The quantitative estimate of drug-likeness (QED) is 0.485. The van der Waals surface area contributed by atoms with E-state index in [-0.39, 0.29) is 24.8 Å². The summed E-state index contributed by atoms with van der Waals surface area (Å²) in [5.41, 5.74) is 0. The molecular formula is C12H19NO3. The molecule has 1 fully saturated rings. The van der Waals surface area contributed by atoms with E-state index in [9.17, 15) is 4.79 Å². The van der Waals surface area contributed by atoms with Gasteiger partial charge in [-0.3, -0.25) is 4.79 Å². The van der Waals surface area contributed by atoms with E-state index in [1.807, 2.05) is 6.08 Å².